The third-order valence-corrected chi connectivity index (χ3v) is 5.48. The van der Waals surface area contributed by atoms with Gasteiger partial charge in [0.15, 0.2) is 0 Å². The molecule has 0 aromatic heterocycles. The number of benzene rings is 1. The highest BCUT2D eigenvalue weighted by Crippen LogP contribution is 2.39. The lowest BCUT2D eigenvalue weighted by molar-refractivity contribution is -0.128. The number of piperidine rings is 1. The lowest BCUT2D eigenvalue weighted by Gasteiger charge is -2.36. The van der Waals surface area contributed by atoms with Gasteiger partial charge in [-0.1, -0.05) is 0 Å². The summed E-state index contributed by atoms with van der Waals surface area (Å²) in [4.78, 5) is 27.0. The monoisotopic (exact) mass is 383 g/mol. The van der Waals surface area contributed by atoms with E-state index in [2.05, 4.69) is 5.32 Å². The lowest BCUT2D eigenvalue weighted by atomic mass is 9.91. The molecular formula is C19H27ClFN3O2. The van der Waals surface area contributed by atoms with E-state index in [0.29, 0.717) is 31.1 Å². The second-order valence-corrected chi connectivity index (χ2v) is 7.48. The van der Waals surface area contributed by atoms with Crippen molar-refractivity contribution in [2.75, 3.05) is 19.6 Å². The highest BCUT2D eigenvalue weighted by molar-refractivity contribution is 5.94. The van der Waals surface area contributed by atoms with Gasteiger partial charge in [0.05, 0.1) is 11.5 Å². The Labute approximate surface area is 159 Å². The van der Waals surface area contributed by atoms with Gasteiger partial charge in [-0.15, -0.1) is 12.4 Å². The largest absolute Gasteiger partial charge is 0.349 e. The Morgan fingerprint density at radius 1 is 1.27 bits per heavy atom. The minimum Gasteiger partial charge on any atom is -0.349 e. The van der Waals surface area contributed by atoms with Crippen molar-refractivity contribution >= 4 is 24.2 Å². The Bertz CT molecular complexity index is 651. The van der Waals surface area contributed by atoms with Crippen LogP contribution in [-0.2, 0) is 4.79 Å². The van der Waals surface area contributed by atoms with Crippen molar-refractivity contribution in [2.24, 2.45) is 17.6 Å². The fourth-order valence-electron chi connectivity index (χ4n) is 3.57. The molecule has 0 radical (unpaired) electrons. The van der Waals surface area contributed by atoms with Crippen LogP contribution >= 0.6 is 12.4 Å². The topological polar surface area (TPSA) is 75.4 Å². The standard InChI is InChI=1S/C19H26FN3O2.ClH/c1-19(12-21,15-6-7-15)22-17(24)14-3-2-10-23(11-14)18(25)13-4-8-16(20)9-5-13;/h4-5,8-9,14-15H,2-3,6-7,10-12,21H2,1H3,(H,22,24);1H. The molecule has 1 aliphatic heterocycles. The van der Waals surface area contributed by atoms with E-state index in [4.69, 9.17) is 5.73 Å². The van der Waals surface area contributed by atoms with Crippen molar-refractivity contribution in [1.29, 1.82) is 0 Å². The molecule has 2 atom stereocenters. The number of hydrogen-bond acceptors (Lipinski definition) is 3. The molecule has 2 aliphatic rings. The van der Waals surface area contributed by atoms with Crippen LogP contribution in [0.4, 0.5) is 4.39 Å². The van der Waals surface area contributed by atoms with Gasteiger partial charge in [0.1, 0.15) is 5.82 Å². The fourth-order valence-corrected chi connectivity index (χ4v) is 3.57. The van der Waals surface area contributed by atoms with Gasteiger partial charge < -0.3 is 16.0 Å². The zero-order valence-corrected chi connectivity index (χ0v) is 15.9. The van der Waals surface area contributed by atoms with E-state index >= 15 is 0 Å². The molecule has 0 spiro atoms. The molecule has 1 aromatic carbocycles. The molecule has 1 aromatic rings. The lowest BCUT2D eigenvalue weighted by Crippen LogP contribution is -2.56. The van der Waals surface area contributed by atoms with Crippen LogP contribution in [0.3, 0.4) is 0 Å². The predicted octanol–water partition coefficient (Wildman–Crippen LogP) is 2.34. The number of halogens is 2. The van der Waals surface area contributed by atoms with Gasteiger partial charge in [-0.05, 0) is 62.8 Å². The Morgan fingerprint density at radius 2 is 1.92 bits per heavy atom. The van der Waals surface area contributed by atoms with E-state index in [1.54, 1.807) is 4.90 Å². The minimum atomic E-state index is -0.367. The molecule has 1 saturated carbocycles. The average Bonchev–Trinajstić information content (AvgIpc) is 3.47. The molecule has 7 heteroatoms. The van der Waals surface area contributed by atoms with Crippen molar-refractivity contribution < 1.29 is 14.0 Å². The Balaban J connectivity index is 0.00000243. The average molecular weight is 384 g/mol. The van der Waals surface area contributed by atoms with Gasteiger partial charge in [-0.3, -0.25) is 9.59 Å². The first kappa shape index (κ1) is 20.6. The smallest absolute Gasteiger partial charge is 0.253 e. The zero-order chi connectivity index (χ0) is 18.0. The number of hydrogen-bond donors (Lipinski definition) is 2. The van der Waals surface area contributed by atoms with Crippen LogP contribution in [0.15, 0.2) is 24.3 Å². The van der Waals surface area contributed by atoms with Crippen molar-refractivity contribution in [1.82, 2.24) is 10.2 Å². The summed E-state index contributed by atoms with van der Waals surface area (Å²) in [5, 5.41) is 3.13. The van der Waals surface area contributed by atoms with Crippen LogP contribution < -0.4 is 11.1 Å². The van der Waals surface area contributed by atoms with Gasteiger partial charge in [0, 0.05) is 25.2 Å². The first-order chi connectivity index (χ1) is 11.9. The highest BCUT2D eigenvalue weighted by atomic mass is 35.5. The molecule has 2 unspecified atom stereocenters. The summed E-state index contributed by atoms with van der Waals surface area (Å²) >= 11 is 0. The fraction of sp³-hybridized carbons (Fsp3) is 0.579. The molecule has 1 saturated heterocycles. The minimum absolute atomic E-state index is 0. The summed E-state index contributed by atoms with van der Waals surface area (Å²) in [6, 6.07) is 5.53. The second kappa shape index (κ2) is 8.35. The quantitative estimate of drug-likeness (QED) is 0.819. The molecule has 0 bridgehead atoms. The second-order valence-electron chi connectivity index (χ2n) is 7.48. The number of rotatable bonds is 5. The third-order valence-electron chi connectivity index (χ3n) is 5.48. The Kier molecular flexibility index (Phi) is 6.64. The van der Waals surface area contributed by atoms with Crippen LogP contribution in [0.1, 0.15) is 43.0 Å². The van der Waals surface area contributed by atoms with Crippen molar-refractivity contribution in [3.05, 3.63) is 35.6 Å². The number of nitrogens with one attached hydrogen (secondary N) is 1. The molecule has 3 rings (SSSR count). The maximum absolute atomic E-state index is 13.0. The summed E-state index contributed by atoms with van der Waals surface area (Å²) in [7, 11) is 0. The van der Waals surface area contributed by atoms with Crippen LogP contribution in [0.25, 0.3) is 0 Å². The van der Waals surface area contributed by atoms with E-state index in [1.165, 1.54) is 24.3 Å². The van der Waals surface area contributed by atoms with Crippen molar-refractivity contribution in [3.8, 4) is 0 Å². The van der Waals surface area contributed by atoms with Crippen LogP contribution in [0.2, 0.25) is 0 Å². The molecule has 1 heterocycles. The Hall–Kier alpha value is -1.66. The molecule has 144 valence electrons. The van der Waals surface area contributed by atoms with Gasteiger partial charge in [-0.25, -0.2) is 4.39 Å². The molecule has 1 aliphatic carbocycles. The number of amides is 2. The zero-order valence-electron chi connectivity index (χ0n) is 15.0. The van der Waals surface area contributed by atoms with E-state index in [1.807, 2.05) is 6.92 Å². The molecule has 5 nitrogen and oxygen atoms in total. The van der Waals surface area contributed by atoms with Crippen LogP contribution in [0, 0.1) is 17.7 Å². The molecule has 3 N–H and O–H groups in total. The summed E-state index contributed by atoms with van der Waals surface area (Å²) in [5.41, 5.74) is 5.98. The van der Waals surface area contributed by atoms with E-state index in [-0.39, 0.29) is 41.5 Å². The SMILES string of the molecule is CC(CN)(NC(=O)C1CCCN(C(=O)c2ccc(F)cc2)C1)C1CC1.Cl. The first-order valence-electron chi connectivity index (χ1n) is 9.00. The summed E-state index contributed by atoms with van der Waals surface area (Å²) in [6.45, 7) is 3.45. The summed E-state index contributed by atoms with van der Waals surface area (Å²) in [6.07, 6.45) is 3.76. The molecular weight excluding hydrogens is 357 g/mol. The highest BCUT2D eigenvalue weighted by Gasteiger charge is 2.42. The normalized spacial score (nSPS) is 22.1. The molecule has 2 amide bonds. The number of nitrogens with zero attached hydrogens (tertiary/aromatic N) is 1. The van der Waals surface area contributed by atoms with E-state index in [0.717, 1.165) is 25.7 Å². The number of nitrogens with two attached hydrogens (primary N) is 1. The van der Waals surface area contributed by atoms with Gasteiger partial charge in [0.25, 0.3) is 5.91 Å². The Morgan fingerprint density at radius 3 is 2.50 bits per heavy atom. The van der Waals surface area contributed by atoms with Gasteiger partial charge >= 0.3 is 0 Å². The van der Waals surface area contributed by atoms with Gasteiger partial charge in [-0.2, -0.15) is 0 Å². The predicted molar refractivity (Wildman–Crippen MR) is 101 cm³/mol. The summed E-state index contributed by atoms with van der Waals surface area (Å²) in [5.74, 6) is -0.295. The molecule has 26 heavy (non-hydrogen) atoms. The number of likely N-dealkylation sites (tertiary alicyclic amines) is 1. The third kappa shape index (κ3) is 4.54. The molecule has 2 fully saturated rings. The number of carbonyl (C=O) groups is 2. The maximum Gasteiger partial charge on any atom is 0.253 e. The van der Waals surface area contributed by atoms with Gasteiger partial charge in [0.2, 0.25) is 5.91 Å². The van der Waals surface area contributed by atoms with E-state index in [9.17, 15) is 14.0 Å². The van der Waals surface area contributed by atoms with E-state index < -0.39 is 0 Å². The van der Waals surface area contributed by atoms with Crippen molar-refractivity contribution in [3.63, 3.8) is 0 Å². The van der Waals surface area contributed by atoms with Crippen LogP contribution in [-0.4, -0.2) is 41.9 Å². The number of carbonyl (C=O) groups excluding carboxylic acids is 2. The van der Waals surface area contributed by atoms with Crippen LogP contribution in [0.5, 0.6) is 0 Å². The van der Waals surface area contributed by atoms with Crippen molar-refractivity contribution in [2.45, 2.75) is 38.1 Å². The maximum atomic E-state index is 13.0. The summed E-state index contributed by atoms with van der Waals surface area (Å²) < 4.78 is 13.0. The first-order valence-corrected chi connectivity index (χ1v) is 9.00.